The average molecular weight is 234 g/mol. The standard InChI is InChI=1S/C9H18N2O3S/c1-15(13,14)8-3-9(12)11-6-2-4-10-5-7-11/h10H,2-8H2,1H3. The third-order valence-corrected chi connectivity index (χ3v) is 3.33. The van der Waals surface area contributed by atoms with Gasteiger partial charge in [-0.05, 0) is 13.0 Å². The zero-order valence-electron chi connectivity index (χ0n) is 9.03. The minimum absolute atomic E-state index is 0.0459. The van der Waals surface area contributed by atoms with Crippen LogP contribution in [0.2, 0.25) is 0 Å². The number of rotatable bonds is 3. The molecule has 1 saturated heterocycles. The predicted octanol–water partition coefficient (Wildman–Crippen LogP) is -0.757. The van der Waals surface area contributed by atoms with Crippen LogP contribution in [0.15, 0.2) is 0 Å². The van der Waals surface area contributed by atoms with Crippen LogP contribution in [-0.4, -0.2) is 57.4 Å². The van der Waals surface area contributed by atoms with Gasteiger partial charge in [-0.2, -0.15) is 0 Å². The van der Waals surface area contributed by atoms with Crippen LogP contribution in [0.4, 0.5) is 0 Å². The number of nitrogens with one attached hydrogen (secondary N) is 1. The van der Waals surface area contributed by atoms with Crippen molar-refractivity contribution in [2.75, 3.05) is 38.2 Å². The number of hydrogen-bond donors (Lipinski definition) is 1. The second-order valence-electron chi connectivity index (χ2n) is 3.86. The first-order chi connectivity index (χ1) is 6.99. The van der Waals surface area contributed by atoms with Crippen molar-refractivity contribution in [3.8, 4) is 0 Å². The van der Waals surface area contributed by atoms with Gasteiger partial charge >= 0.3 is 0 Å². The molecule has 0 spiro atoms. The number of carbonyl (C=O) groups excluding carboxylic acids is 1. The summed E-state index contributed by atoms with van der Waals surface area (Å²) >= 11 is 0. The zero-order chi connectivity index (χ0) is 11.3. The van der Waals surface area contributed by atoms with E-state index in [0.717, 1.165) is 32.3 Å². The Morgan fingerprint density at radius 2 is 2.07 bits per heavy atom. The first kappa shape index (κ1) is 12.4. The highest BCUT2D eigenvalue weighted by Gasteiger charge is 2.16. The van der Waals surface area contributed by atoms with E-state index in [1.165, 1.54) is 0 Å². The molecule has 15 heavy (non-hydrogen) atoms. The topological polar surface area (TPSA) is 66.5 Å². The van der Waals surface area contributed by atoms with Gasteiger partial charge in [0.1, 0.15) is 9.84 Å². The third kappa shape index (κ3) is 5.13. The van der Waals surface area contributed by atoms with E-state index in [1.807, 2.05) is 0 Å². The van der Waals surface area contributed by atoms with Gasteiger partial charge in [-0.15, -0.1) is 0 Å². The molecule has 0 aromatic heterocycles. The maximum Gasteiger partial charge on any atom is 0.223 e. The zero-order valence-corrected chi connectivity index (χ0v) is 9.85. The summed E-state index contributed by atoms with van der Waals surface area (Å²) in [6.07, 6.45) is 2.20. The minimum atomic E-state index is -3.03. The van der Waals surface area contributed by atoms with E-state index < -0.39 is 9.84 Å². The van der Waals surface area contributed by atoms with Crippen molar-refractivity contribution in [2.45, 2.75) is 12.8 Å². The van der Waals surface area contributed by atoms with Gasteiger partial charge < -0.3 is 10.2 Å². The minimum Gasteiger partial charge on any atom is -0.341 e. The molecule has 88 valence electrons. The molecule has 0 bridgehead atoms. The Kier molecular flexibility index (Phi) is 4.53. The van der Waals surface area contributed by atoms with E-state index in [2.05, 4.69) is 5.32 Å². The van der Waals surface area contributed by atoms with E-state index in [1.54, 1.807) is 4.90 Å². The summed E-state index contributed by atoms with van der Waals surface area (Å²) in [6.45, 7) is 3.14. The van der Waals surface area contributed by atoms with E-state index in [-0.39, 0.29) is 18.1 Å². The molecule has 0 aromatic rings. The maximum absolute atomic E-state index is 11.6. The van der Waals surface area contributed by atoms with Gasteiger partial charge in [0.2, 0.25) is 5.91 Å². The Labute approximate surface area is 90.7 Å². The molecule has 0 atom stereocenters. The van der Waals surface area contributed by atoms with Crippen LogP contribution >= 0.6 is 0 Å². The Bertz CT molecular complexity index is 305. The molecule has 0 unspecified atom stereocenters. The van der Waals surface area contributed by atoms with Crippen LogP contribution < -0.4 is 5.32 Å². The van der Waals surface area contributed by atoms with Gasteiger partial charge in [0.05, 0.1) is 5.75 Å². The quantitative estimate of drug-likeness (QED) is 0.697. The van der Waals surface area contributed by atoms with Gasteiger partial charge in [-0.25, -0.2) is 8.42 Å². The van der Waals surface area contributed by atoms with Crippen molar-refractivity contribution >= 4 is 15.7 Å². The van der Waals surface area contributed by atoms with Crippen LogP contribution in [0.1, 0.15) is 12.8 Å². The normalized spacial score (nSPS) is 18.6. The summed E-state index contributed by atoms with van der Waals surface area (Å²) in [7, 11) is -3.03. The van der Waals surface area contributed by atoms with Gasteiger partial charge in [-0.1, -0.05) is 0 Å². The number of amides is 1. The lowest BCUT2D eigenvalue weighted by Crippen LogP contribution is -2.35. The SMILES string of the molecule is CS(=O)(=O)CCC(=O)N1CCCNCC1. The summed E-state index contributed by atoms with van der Waals surface area (Å²) in [5.74, 6) is -0.0976. The van der Waals surface area contributed by atoms with Crippen LogP contribution in [0, 0.1) is 0 Å². The van der Waals surface area contributed by atoms with Crippen LogP contribution in [0.3, 0.4) is 0 Å². The highest BCUT2D eigenvalue weighted by molar-refractivity contribution is 7.90. The van der Waals surface area contributed by atoms with Crippen LogP contribution in [-0.2, 0) is 14.6 Å². The number of carbonyl (C=O) groups is 1. The fraction of sp³-hybridized carbons (Fsp3) is 0.889. The summed E-state index contributed by atoms with van der Waals surface area (Å²) in [6, 6.07) is 0. The molecule has 1 fully saturated rings. The molecule has 1 heterocycles. The molecule has 0 aliphatic carbocycles. The van der Waals surface area contributed by atoms with Gasteiger partial charge in [-0.3, -0.25) is 4.79 Å². The first-order valence-electron chi connectivity index (χ1n) is 5.15. The van der Waals surface area contributed by atoms with Crippen molar-refractivity contribution in [1.82, 2.24) is 10.2 Å². The van der Waals surface area contributed by atoms with Crippen LogP contribution in [0.5, 0.6) is 0 Å². The molecule has 5 nitrogen and oxygen atoms in total. The van der Waals surface area contributed by atoms with Crippen LogP contribution in [0.25, 0.3) is 0 Å². The van der Waals surface area contributed by atoms with E-state index in [9.17, 15) is 13.2 Å². The summed E-state index contributed by atoms with van der Waals surface area (Å²) in [5, 5.41) is 3.19. The lowest BCUT2D eigenvalue weighted by atomic mass is 10.3. The van der Waals surface area contributed by atoms with Crippen molar-refractivity contribution in [3.63, 3.8) is 0 Å². The molecule has 1 aliphatic rings. The van der Waals surface area contributed by atoms with Gasteiger partial charge in [0.25, 0.3) is 0 Å². The highest BCUT2D eigenvalue weighted by Crippen LogP contribution is 2.00. The number of nitrogens with zero attached hydrogens (tertiary/aromatic N) is 1. The molecule has 1 N–H and O–H groups in total. The molecule has 0 radical (unpaired) electrons. The lowest BCUT2D eigenvalue weighted by Gasteiger charge is -2.19. The Hall–Kier alpha value is -0.620. The Morgan fingerprint density at radius 3 is 2.73 bits per heavy atom. The van der Waals surface area contributed by atoms with Crippen molar-refractivity contribution in [2.24, 2.45) is 0 Å². The average Bonchev–Trinajstić information content (AvgIpc) is 2.41. The van der Waals surface area contributed by atoms with E-state index in [4.69, 9.17) is 0 Å². The summed E-state index contributed by atoms with van der Waals surface area (Å²) in [4.78, 5) is 13.4. The molecule has 1 rings (SSSR count). The molecular formula is C9H18N2O3S. The van der Waals surface area contributed by atoms with Crippen molar-refractivity contribution in [1.29, 1.82) is 0 Å². The van der Waals surface area contributed by atoms with Gasteiger partial charge in [0.15, 0.2) is 0 Å². The molecular weight excluding hydrogens is 216 g/mol. The summed E-state index contributed by atoms with van der Waals surface area (Å²) in [5.41, 5.74) is 0. The van der Waals surface area contributed by atoms with Gasteiger partial charge in [0, 0.05) is 32.3 Å². The molecule has 0 aromatic carbocycles. The lowest BCUT2D eigenvalue weighted by molar-refractivity contribution is -0.130. The predicted molar refractivity (Wildman–Crippen MR) is 58.4 cm³/mol. The number of sulfone groups is 1. The molecule has 0 saturated carbocycles. The third-order valence-electron chi connectivity index (χ3n) is 2.38. The Balaban J connectivity index is 2.38. The Morgan fingerprint density at radius 1 is 1.33 bits per heavy atom. The maximum atomic E-state index is 11.6. The van der Waals surface area contributed by atoms with Crippen molar-refractivity contribution in [3.05, 3.63) is 0 Å². The van der Waals surface area contributed by atoms with E-state index in [0.29, 0.717) is 6.54 Å². The monoisotopic (exact) mass is 234 g/mol. The first-order valence-corrected chi connectivity index (χ1v) is 7.21. The molecule has 1 amide bonds. The van der Waals surface area contributed by atoms with E-state index >= 15 is 0 Å². The second kappa shape index (κ2) is 5.46. The smallest absolute Gasteiger partial charge is 0.223 e. The largest absolute Gasteiger partial charge is 0.341 e. The number of hydrogen-bond acceptors (Lipinski definition) is 4. The highest BCUT2D eigenvalue weighted by atomic mass is 32.2. The van der Waals surface area contributed by atoms with Crippen molar-refractivity contribution < 1.29 is 13.2 Å². The summed E-state index contributed by atoms with van der Waals surface area (Å²) < 4.78 is 21.8. The second-order valence-corrected chi connectivity index (χ2v) is 6.12. The fourth-order valence-corrected chi connectivity index (χ4v) is 2.07. The fourth-order valence-electron chi connectivity index (χ4n) is 1.53. The molecule has 1 aliphatic heterocycles. The molecule has 6 heteroatoms.